The Morgan fingerprint density at radius 3 is 2.81 bits per heavy atom. The molecule has 2 aromatic carbocycles. The van der Waals surface area contributed by atoms with Crippen LogP contribution in [0.5, 0.6) is 11.5 Å². The molecule has 0 aliphatic carbocycles. The molecule has 3 aromatic rings. The Balaban J connectivity index is 1.59. The number of carbonyl (C=O) groups excluding carboxylic acids is 2. The predicted molar refractivity (Wildman–Crippen MR) is 119 cm³/mol. The number of rotatable bonds is 7. The zero-order valence-electron chi connectivity index (χ0n) is 17.3. The van der Waals surface area contributed by atoms with Gasteiger partial charge in [0.15, 0.2) is 0 Å². The molecule has 1 aromatic heterocycles. The first-order valence-corrected chi connectivity index (χ1v) is 10.9. The van der Waals surface area contributed by atoms with E-state index in [2.05, 4.69) is 5.32 Å². The van der Waals surface area contributed by atoms with Crippen LogP contribution in [0.2, 0.25) is 0 Å². The standard InChI is InChI=1S/C24H23NO5S/c1-3-29-22(26)13-19(15-7-6-8-17(11-15)28-2)25-24(27)21-12-16-14-30-20-10-5-4-9-18(20)23(16)31-21/h4-12,19H,3,13-14H2,1-2H3,(H,25,27). The summed E-state index contributed by atoms with van der Waals surface area (Å²) in [6.07, 6.45) is 0.0315. The van der Waals surface area contributed by atoms with Crippen LogP contribution in [0.4, 0.5) is 0 Å². The lowest BCUT2D eigenvalue weighted by Gasteiger charge is -2.19. The molecular formula is C24H23NO5S. The first-order valence-electron chi connectivity index (χ1n) is 10.0. The van der Waals surface area contributed by atoms with Crippen LogP contribution >= 0.6 is 11.3 Å². The molecule has 1 aliphatic heterocycles. The smallest absolute Gasteiger partial charge is 0.308 e. The molecule has 7 heteroatoms. The summed E-state index contributed by atoms with van der Waals surface area (Å²) < 4.78 is 16.2. The molecule has 0 fully saturated rings. The van der Waals surface area contributed by atoms with E-state index < -0.39 is 6.04 Å². The molecule has 4 rings (SSSR count). The highest BCUT2D eigenvalue weighted by molar-refractivity contribution is 7.17. The topological polar surface area (TPSA) is 73.9 Å². The average Bonchev–Trinajstić information content (AvgIpc) is 3.24. The van der Waals surface area contributed by atoms with Crippen LogP contribution in [0.1, 0.15) is 40.2 Å². The number of para-hydroxylation sites is 1. The van der Waals surface area contributed by atoms with Gasteiger partial charge >= 0.3 is 5.97 Å². The minimum absolute atomic E-state index is 0.0315. The summed E-state index contributed by atoms with van der Waals surface area (Å²) in [4.78, 5) is 26.9. The minimum atomic E-state index is -0.538. The fourth-order valence-corrected chi connectivity index (χ4v) is 4.64. The second-order valence-electron chi connectivity index (χ2n) is 7.06. The van der Waals surface area contributed by atoms with E-state index >= 15 is 0 Å². The lowest BCUT2D eigenvalue weighted by atomic mass is 10.0. The fourth-order valence-electron chi connectivity index (χ4n) is 3.54. The molecule has 1 aliphatic rings. The van der Waals surface area contributed by atoms with Gasteiger partial charge in [-0.2, -0.15) is 0 Å². The highest BCUT2D eigenvalue weighted by atomic mass is 32.1. The Hall–Kier alpha value is -3.32. The summed E-state index contributed by atoms with van der Waals surface area (Å²) in [5.41, 5.74) is 2.75. The van der Waals surface area contributed by atoms with Crippen molar-refractivity contribution in [3.8, 4) is 21.9 Å². The molecule has 0 spiro atoms. The van der Waals surface area contributed by atoms with Gasteiger partial charge < -0.3 is 19.5 Å². The number of hydrogen-bond donors (Lipinski definition) is 1. The third-order valence-corrected chi connectivity index (χ3v) is 6.23. The maximum Gasteiger partial charge on any atom is 0.308 e. The van der Waals surface area contributed by atoms with Crippen molar-refractivity contribution < 1.29 is 23.8 Å². The highest BCUT2D eigenvalue weighted by Gasteiger charge is 2.25. The zero-order chi connectivity index (χ0) is 21.8. The highest BCUT2D eigenvalue weighted by Crippen LogP contribution is 2.42. The number of thiophene rings is 1. The SMILES string of the molecule is CCOC(=O)CC(NC(=O)c1cc2c(s1)-c1ccccc1OC2)c1cccc(OC)c1. The number of amides is 1. The Labute approximate surface area is 184 Å². The number of hydrogen-bond acceptors (Lipinski definition) is 6. The van der Waals surface area contributed by atoms with E-state index in [-0.39, 0.29) is 24.9 Å². The average molecular weight is 438 g/mol. The summed E-state index contributed by atoms with van der Waals surface area (Å²) in [7, 11) is 1.58. The normalized spacial score (nSPS) is 12.7. The maximum absolute atomic E-state index is 13.1. The number of methoxy groups -OCH3 is 1. The van der Waals surface area contributed by atoms with E-state index in [1.54, 1.807) is 14.0 Å². The van der Waals surface area contributed by atoms with Gasteiger partial charge in [0.05, 0.1) is 31.1 Å². The van der Waals surface area contributed by atoms with Gasteiger partial charge in [-0.3, -0.25) is 9.59 Å². The quantitative estimate of drug-likeness (QED) is 0.541. The van der Waals surface area contributed by atoms with E-state index in [0.29, 0.717) is 17.2 Å². The summed E-state index contributed by atoms with van der Waals surface area (Å²) in [5.74, 6) is 0.860. The third-order valence-electron chi connectivity index (χ3n) is 5.03. The van der Waals surface area contributed by atoms with Crippen LogP contribution < -0.4 is 14.8 Å². The molecule has 2 heterocycles. The van der Waals surface area contributed by atoms with Crippen LogP contribution in [0.25, 0.3) is 10.4 Å². The molecule has 1 N–H and O–H groups in total. The van der Waals surface area contributed by atoms with Crippen molar-refractivity contribution >= 4 is 23.2 Å². The van der Waals surface area contributed by atoms with Crippen molar-refractivity contribution in [2.24, 2.45) is 0 Å². The van der Waals surface area contributed by atoms with Crippen molar-refractivity contribution in [2.75, 3.05) is 13.7 Å². The van der Waals surface area contributed by atoms with Gasteiger partial charge in [-0.1, -0.05) is 24.3 Å². The zero-order valence-corrected chi connectivity index (χ0v) is 18.2. The van der Waals surface area contributed by atoms with Gasteiger partial charge in [-0.15, -0.1) is 11.3 Å². The van der Waals surface area contributed by atoms with E-state index in [1.165, 1.54) is 11.3 Å². The van der Waals surface area contributed by atoms with E-state index in [4.69, 9.17) is 14.2 Å². The Morgan fingerprint density at radius 2 is 2.00 bits per heavy atom. The van der Waals surface area contributed by atoms with E-state index in [0.717, 1.165) is 27.3 Å². The van der Waals surface area contributed by atoms with Crippen LogP contribution in [0.15, 0.2) is 54.6 Å². The van der Waals surface area contributed by atoms with Crippen molar-refractivity contribution in [3.05, 3.63) is 70.6 Å². The molecule has 1 amide bonds. The second-order valence-corrected chi connectivity index (χ2v) is 8.11. The summed E-state index contributed by atoms with van der Waals surface area (Å²) >= 11 is 1.43. The van der Waals surface area contributed by atoms with E-state index in [1.807, 2.05) is 54.6 Å². The number of esters is 1. The molecule has 0 bridgehead atoms. The monoisotopic (exact) mass is 437 g/mol. The molecule has 0 saturated heterocycles. The van der Waals surface area contributed by atoms with Crippen molar-refractivity contribution in [1.82, 2.24) is 5.32 Å². The van der Waals surface area contributed by atoms with Crippen molar-refractivity contribution in [3.63, 3.8) is 0 Å². The second kappa shape index (κ2) is 9.22. The van der Waals surface area contributed by atoms with Crippen LogP contribution in [-0.2, 0) is 16.1 Å². The Morgan fingerprint density at radius 1 is 1.16 bits per heavy atom. The molecule has 1 unspecified atom stereocenters. The van der Waals surface area contributed by atoms with Crippen LogP contribution in [0.3, 0.4) is 0 Å². The number of carbonyl (C=O) groups is 2. The Kier molecular flexibility index (Phi) is 6.23. The van der Waals surface area contributed by atoms with Gasteiger partial charge in [-0.25, -0.2) is 0 Å². The first-order chi connectivity index (χ1) is 15.1. The number of fused-ring (bicyclic) bond motifs is 3. The fraction of sp³-hybridized carbons (Fsp3) is 0.250. The molecule has 1 atom stereocenters. The summed E-state index contributed by atoms with van der Waals surface area (Å²) in [6, 6.07) is 16.4. The number of benzene rings is 2. The summed E-state index contributed by atoms with van der Waals surface area (Å²) in [5, 5.41) is 3.00. The predicted octanol–water partition coefficient (Wildman–Crippen LogP) is 4.74. The lowest BCUT2D eigenvalue weighted by molar-refractivity contribution is -0.143. The van der Waals surface area contributed by atoms with Crippen molar-refractivity contribution in [2.45, 2.75) is 26.0 Å². The Bertz CT molecular complexity index is 1110. The van der Waals surface area contributed by atoms with Gasteiger partial charge in [0.2, 0.25) is 0 Å². The number of nitrogens with one attached hydrogen (secondary N) is 1. The van der Waals surface area contributed by atoms with Gasteiger partial charge in [0, 0.05) is 16.0 Å². The first kappa shape index (κ1) is 20.9. The van der Waals surface area contributed by atoms with Crippen LogP contribution in [0, 0.1) is 0 Å². The van der Waals surface area contributed by atoms with Gasteiger partial charge in [0.1, 0.15) is 18.1 Å². The molecule has 0 radical (unpaired) electrons. The number of ether oxygens (including phenoxy) is 3. The molecule has 160 valence electrons. The third kappa shape index (κ3) is 4.56. The largest absolute Gasteiger partial charge is 0.497 e. The van der Waals surface area contributed by atoms with E-state index in [9.17, 15) is 9.59 Å². The molecule has 6 nitrogen and oxygen atoms in total. The minimum Gasteiger partial charge on any atom is -0.497 e. The molecule has 0 saturated carbocycles. The molecule has 31 heavy (non-hydrogen) atoms. The van der Waals surface area contributed by atoms with Crippen molar-refractivity contribution in [1.29, 1.82) is 0 Å². The van der Waals surface area contributed by atoms with Gasteiger partial charge in [-0.05, 0) is 42.8 Å². The van der Waals surface area contributed by atoms with Gasteiger partial charge in [0.25, 0.3) is 5.91 Å². The van der Waals surface area contributed by atoms with Crippen LogP contribution in [-0.4, -0.2) is 25.6 Å². The lowest BCUT2D eigenvalue weighted by Crippen LogP contribution is -2.30. The molecular weight excluding hydrogens is 414 g/mol. The maximum atomic E-state index is 13.1. The summed E-state index contributed by atoms with van der Waals surface area (Å²) in [6.45, 7) is 2.47.